The number of furan rings is 1. The summed E-state index contributed by atoms with van der Waals surface area (Å²) in [6.07, 6.45) is -1.95. The van der Waals surface area contributed by atoms with Gasteiger partial charge in [-0.15, -0.1) is 0 Å². The van der Waals surface area contributed by atoms with Gasteiger partial charge in [0.2, 0.25) is 13.1 Å². The highest BCUT2D eigenvalue weighted by atomic mass is 32.2. The minimum atomic E-state index is -5.29. The molecule has 2 aliphatic rings. The maximum absolute atomic E-state index is 15.3. The van der Waals surface area contributed by atoms with Crippen molar-refractivity contribution >= 4 is 67.3 Å². The molecule has 0 radical (unpaired) electrons. The SMILES string of the molecule is O=C1O[C@@H](CNC(=S)Sc2ccc(CC(O)([PH](=O)O)P(=O)(O)O)cc2)CN1c1ccc(N2CCN(Cc3ccc([N+](=O)[O-])o3)CC2)c(F)c1. The number of anilines is 2. The number of hydrogen-bond acceptors (Lipinski definition) is 12. The van der Waals surface area contributed by atoms with Crippen LogP contribution >= 0.6 is 39.6 Å². The minimum absolute atomic E-state index is 0.146. The van der Waals surface area contributed by atoms with Gasteiger partial charge < -0.3 is 39.2 Å². The number of thiocarbonyl (C=S) groups is 1. The van der Waals surface area contributed by atoms with Gasteiger partial charge in [0.1, 0.15) is 26.9 Å². The Labute approximate surface area is 289 Å². The van der Waals surface area contributed by atoms with Crippen molar-refractivity contribution in [3.63, 3.8) is 0 Å². The van der Waals surface area contributed by atoms with Crippen LogP contribution in [0.15, 0.2) is 63.9 Å². The monoisotopic (exact) mass is 759 g/mol. The van der Waals surface area contributed by atoms with Gasteiger partial charge in [-0.2, -0.15) is 0 Å². The Kier molecular flexibility index (Phi) is 11.5. The van der Waals surface area contributed by atoms with E-state index < -0.39 is 50.1 Å². The molecule has 1 aromatic heterocycles. The summed E-state index contributed by atoms with van der Waals surface area (Å²) in [6.45, 7) is 2.94. The summed E-state index contributed by atoms with van der Waals surface area (Å²) >= 11 is 6.51. The van der Waals surface area contributed by atoms with Gasteiger partial charge in [-0.05, 0) is 42.0 Å². The predicted molar refractivity (Wildman–Crippen MR) is 182 cm³/mol. The quantitative estimate of drug-likeness (QED) is 0.0587. The lowest BCUT2D eigenvalue weighted by Crippen LogP contribution is -2.46. The van der Waals surface area contributed by atoms with Gasteiger partial charge >= 0.3 is 19.6 Å². The van der Waals surface area contributed by atoms with Gasteiger partial charge in [0, 0.05) is 37.5 Å². The molecule has 2 aromatic carbocycles. The lowest BCUT2D eigenvalue weighted by molar-refractivity contribution is -0.402. The van der Waals surface area contributed by atoms with Crippen molar-refractivity contribution in [3.8, 4) is 0 Å². The lowest BCUT2D eigenvalue weighted by Gasteiger charge is -2.36. The van der Waals surface area contributed by atoms with E-state index in [-0.39, 0.29) is 24.5 Å². The van der Waals surface area contributed by atoms with Crippen LogP contribution in [0.4, 0.5) is 26.4 Å². The molecule has 3 aromatic rings. The Balaban J connectivity index is 1.08. The van der Waals surface area contributed by atoms with Crippen LogP contribution in [-0.2, 0) is 26.8 Å². The number of carbonyl (C=O) groups is 1. The molecule has 21 heteroatoms. The summed E-state index contributed by atoms with van der Waals surface area (Å²) < 4.78 is 49.3. The molecule has 0 bridgehead atoms. The summed E-state index contributed by atoms with van der Waals surface area (Å²) in [5.74, 6) is -0.328. The first-order valence-electron chi connectivity index (χ1n) is 14.7. The summed E-state index contributed by atoms with van der Waals surface area (Å²) in [4.78, 5) is 56.8. The molecule has 5 rings (SSSR count). The number of halogens is 1. The largest absolute Gasteiger partial charge is 0.442 e. The van der Waals surface area contributed by atoms with Crippen LogP contribution in [-0.4, -0.2) is 90.5 Å². The van der Waals surface area contributed by atoms with Crippen LogP contribution in [0.25, 0.3) is 0 Å². The first kappa shape index (κ1) is 36.9. The standard InChI is InChI=1S/C28H32FN5O11P2S2/c29-23-13-19(3-7-24(23)32-11-9-31(10-12-32)16-20-4-8-25(44-20)34(37)38)33-17-21(45-27(33)35)15-30-26(48)49-22-5-1-18(2-6-22)14-28(36,46(39)40)47(41,42)43/h1-8,13,21,36,46H,9-12,14-17H2,(H,30,48)(H,39,40)(H2,41,42,43)/t21-,28?/m0/s1. The molecule has 0 spiro atoms. The number of carbonyl (C=O) groups excluding carboxylic acids is 1. The van der Waals surface area contributed by atoms with Crippen molar-refractivity contribution in [1.82, 2.24) is 10.2 Å². The zero-order valence-electron chi connectivity index (χ0n) is 25.5. The third-order valence-electron chi connectivity index (χ3n) is 7.92. The topological polar surface area (TPSA) is 219 Å². The van der Waals surface area contributed by atoms with E-state index in [1.807, 2.05) is 4.90 Å². The normalized spacial score (nSPS) is 19.0. The molecule has 264 valence electrons. The van der Waals surface area contributed by atoms with E-state index >= 15 is 4.39 Å². The van der Waals surface area contributed by atoms with Crippen LogP contribution in [0.3, 0.4) is 0 Å². The smallest absolute Gasteiger partial charge is 0.433 e. The molecule has 2 aliphatic heterocycles. The second-order valence-corrected chi connectivity index (χ2v) is 16.7. The molecular weight excluding hydrogens is 727 g/mol. The summed E-state index contributed by atoms with van der Waals surface area (Å²) in [5.41, 5.74) is 0.949. The number of piperazine rings is 1. The van der Waals surface area contributed by atoms with Crippen LogP contribution in [0, 0.1) is 15.9 Å². The third kappa shape index (κ3) is 8.86. The van der Waals surface area contributed by atoms with Crippen molar-refractivity contribution < 1.29 is 52.2 Å². The first-order chi connectivity index (χ1) is 23.1. The van der Waals surface area contributed by atoms with E-state index in [2.05, 4.69) is 10.2 Å². The number of benzene rings is 2. The molecule has 2 saturated heterocycles. The molecule has 3 heterocycles. The van der Waals surface area contributed by atoms with E-state index in [9.17, 15) is 43.8 Å². The Morgan fingerprint density at radius 2 is 1.86 bits per heavy atom. The highest BCUT2D eigenvalue weighted by Gasteiger charge is 2.50. The lowest BCUT2D eigenvalue weighted by atomic mass is 10.2. The van der Waals surface area contributed by atoms with Gasteiger partial charge in [0.05, 0.1) is 37.1 Å². The van der Waals surface area contributed by atoms with Gasteiger partial charge in [0.25, 0.3) is 0 Å². The fourth-order valence-corrected chi connectivity index (χ4v) is 8.03. The van der Waals surface area contributed by atoms with Crippen molar-refractivity contribution in [2.24, 2.45) is 0 Å². The maximum Gasteiger partial charge on any atom is 0.433 e. The molecule has 0 aliphatic carbocycles. The second-order valence-electron chi connectivity index (χ2n) is 11.3. The van der Waals surface area contributed by atoms with Crippen molar-refractivity contribution in [3.05, 3.63) is 81.9 Å². The molecular formula is C28H32FN5O11P2S2. The van der Waals surface area contributed by atoms with E-state index in [1.165, 1.54) is 29.2 Å². The van der Waals surface area contributed by atoms with Gasteiger partial charge in [0.15, 0.2) is 0 Å². The number of hydrogen-bond donors (Lipinski definition) is 5. The molecule has 1 amide bonds. The minimum Gasteiger partial charge on any atom is -0.442 e. The van der Waals surface area contributed by atoms with E-state index in [4.69, 9.17) is 21.4 Å². The first-order valence-corrected chi connectivity index (χ1v) is 18.9. The molecule has 0 saturated carbocycles. The van der Waals surface area contributed by atoms with Crippen molar-refractivity contribution in [2.45, 2.75) is 29.0 Å². The molecule has 5 N–H and O–H groups in total. The van der Waals surface area contributed by atoms with Crippen LogP contribution < -0.4 is 15.1 Å². The number of rotatable bonds is 12. The number of nitrogens with one attached hydrogen (secondary N) is 1. The number of cyclic esters (lactones) is 1. The van der Waals surface area contributed by atoms with Crippen LogP contribution in [0.2, 0.25) is 0 Å². The summed E-state index contributed by atoms with van der Waals surface area (Å²) in [7, 11) is -9.28. The number of thioether (sulfide) groups is 1. The molecule has 3 atom stereocenters. The van der Waals surface area contributed by atoms with Crippen molar-refractivity contribution in [1.29, 1.82) is 0 Å². The highest BCUT2D eigenvalue weighted by Crippen LogP contribution is 2.61. The average molecular weight is 760 g/mol. The number of ether oxygens (including phenoxy) is 1. The molecule has 2 unspecified atom stereocenters. The van der Waals surface area contributed by atoms with Crippen LogP contribution in [0.5, 0.6) is 0 Å². The number of nitro groups is 1. The average Bonchev–Trinajstić information content (AvgIpc) is 3.67. The second kappa shape index (κ2) is 15.2. The number of amides is 1. The van der Waals surface area contributed by atoms with Gasteiger partial charge in [-0.3, -0.25) is 29.0 Å². The Morgan fingerprint density at radius 1 is 1.16 bits per heavy atom. The summed E-state index contributed by atoms with van der Waals surface area (Å²) in [5, 5.41) is 20.9. The highest BCUT2D eigenvalue weighted by molar-refractivity contribution is 8.23. The fraction of sp³-hybridized carbons (Fsp3) is 0.357. The predicted octanol–water partition coefficient (Wildman–Crippen LogP) is 3.47. The molecule has 16 nitrogen and oxygen atoms in total. The Hall–Kier alpha value is -3.38. The zero-order chi connectivity index (χ0) is 35.5. The zero-order valence-corrected chi connectivity index (χ0v) is 29.0. The number of aliphatic hydroxyl groups is 1. The van der Waals surface area contributed by atoms with Gasteiger partial charge in [-0.25, -0.2) is 9.18 Å². The van der Waals surface area contributed by atoms with E-state index in [0.717, 1.165) is 11.8 Å². The van der Waals surface area contributed by atoms with Crippen LogP contribution in [0.1, 0.15) is 11.3 Å². The third-order valence-corrected chi connectivity index (χ3v) is 12.6. The van der Waals surface area contributed by atoms with Crippen molar-refractivity contribution in [2.75, 3.05) is 49.1 Å². The van der Waals surface area contributed by atoms with E-state index in [0.29, 0.717) is 59.1 Å². The summed E-state index contributed by atoms with van der Waals surface area (Å²) in [6, 6.07) is 13.4. The van der Waals surface area contributed by atoms with Gasteiger partial charge in [-0.1, -0.05) is 36.1 Å². The Bertz CT molecular complexity index is 1790. The van der Waals surface area contributed by atoms with E-state index in [1.54, 1.807) is 30.3 Å². The Morgan fingerprint density at radius 3 is 2.45 bits per heavy atom. The molecule has 49 heavy (non-hydrogen) atoms. The fourth-order valence-electron chi connectivity index (χ4n) is 5.28. The molecule has 2 fully saturated rings. The maximum atomic E-state index is 15.3. The number of nitrogens with zero attached hydrogens (tertiary/aromatic N) is 4.